The summed E-state index contributed by atoms with van der Waals surface area (Å²) in [5, 5.41) is 2.15. The van der Waals surface area contributed by atoms with Gasteiger partial charge in [-0.2, -0.15) is 0 Å². The van der Waals surface area contributed by atoms with Gasteiger partial charge >= 0.3 is 6.03 Å². The molecule has 1 heterocycles. The van der Waals surface area contributed by atoms with E-state index in [9.17, 15) is 13.6 Å². The zero-order valence-electron chi connectivity index (χ0n) is 11.6. The zero-order valence-corrected chi connectivity index (χ0v) is 12.4. The van der Waals surface area contributed by atoms with Gasteiger partial charge in [0.15, 0.2) is 0 Å². The number of carbonyl (C=O) groups is 1. The first kappa shape index (κ1) is 14.8. The Hall–Kier alpha value is -2.08. The highest BCUT2D eigenvalue weighted by Gasteiger charge is 2.32. The van der Waals surface area contributed by atoms with Crippen LogP contribution in [0.1, 0.15) is 10.9 Å². The fourth-order valence-corrected chi connectivity index (χ4v) is 3.64. The molecule has 1 fully saturated rings. The topological polar surface area (TPSA) is 32.3 Å². The summed E-state index contributed by atoms with van der Waals surface area (Å²) in [5.74, 6) is -0.125. The van der Waals surface area contributed by atoms with Crippen molar-refractivity contribution in [3.05, 3.63) is 65.7 Å². The third-order valence-corrected chi connectivity index (χ3v) is 4.68. The standard InChI is InChI=1S/C16H14F2N2OS/c17-12-6-2-1-5-11(12)15-20(9-10-22-15)16(21)19-14-8-4-3-7-13(14)18/h1-8,15H,9-10H2,(H,19,21)/t15-/m1/s1. The zero-order chi connectivity index (χ0) is 15.5. The Balaban J connectivity index is 1.80. The number of hydrogen-bond donors (Lipinski definition) is 1. The van der Waals surface area contributed by atoms with E-state index in [1.165, 1.54) is 34.9 Å². The van der Waals surface area contributed by atoms with E-state index in [0.717, 1.165) is 0 Å². The molecule has 0 saturated carbocycles. The largest absolute Gasteiger partial charge is 0.323 e. The van der Waals surface area contributed by atoms with Crippen LogP contribution < -0.4 is 5.32 Å². The summed E-state index contributed by atoms with van der Waals surface area (Å²) in [7, 11) is 0. The SMILES string of the molecule is O=C(Nc1ccccc1F)N1CCS[C@@H]1c1ccccc1F. The Morgan fingerprint density at radius 1 is 1.09 bits per heavy atom. The molecule has 1 N–H and O–H groups in total. The fraction of sp³-hybridized carbons (Fsp3) is 0.188. The molecule has 1 aliphatic rings. The Morgan fingerprint density at radius 3 is 2.50 bits per heavy atom. The molecule has 2 aromatic carbocycles. The van der Waals surface area contributed by atoms with Gasteiger partial charge in [0.2, 0.25) is 0 Å². The van der Waals surface area contributed by atoms with E-state index >= 15 is 0 Å². The second kappa shape index (κ2) is 6.36. The van der Waals surface area contributed by atoms with Crippen molar-refractivity contribution in [3.63, 3.8) is 0 Å². The molecule has 0 radical (unpaired) electrons. The molecule has 0 aliphatic carbocycles. The monoisotopic (exact) mass is 320 g/mol. The molecule has 3 rings (SSSR count). The summed E-state index contributed by atoms with van der Waals surface area (Å²) in [4.78, 5) is 13.9. The first-order valence-corrected chi connectivity index (χ1v) is 7.90. The summed E-state index contributed by atoms with van der Waals surface area (Å²) < 4.78 is 27.6. The van der Waals surface area contributed by atoms with Crippen LogP contribution in [0.25, 0.3) is 0 Å². The third kappa shape index (κ3) is 2.92. The molecule has 3 nitrogen and oxygen atoms in total. The molecule has 2 amide bonds. The molecule has 1 aliphatic heterocycles. The average Bonchev–Trinajstić information content (AvgIpc) is 2.99. The van der Waals surface area contributed by atoms with Crippen molar-refractivity contribution in [2.45, 2.75) is 5.37 Å². The van der Waals surface area contributed by atoms with Gasteiger partial charge in [-0.1, -0.05) is 30.3 Å². The molecule has 1 saturated heterocycles. The van der Waals surface area contributed by atoms with Gasteiger partial charge in [0.05, 0.1) is 5.69 Å². The van der Waals surface area contributed by atoms with Gasteiger partial charge < -0.3 is 10.2 Å². The first-order valence-electron chi connectivity index (χ1n) is 6.85. The van der Waals surface area contributed by atoms with Crippen LogP contribution in [0.5, 0.6) is 0 Å². The predicted molar refractivity (Wildman–Crippen MR) is 83.7 cm³/mol. The first-order chi connectivity index (χ1) is 10.7. The van der Waals surface area contributed by atoms with Crippen LogP contribution in [-0.4, -0.2) is 23.2 Å². The minimum atomic E-state index is -0.495. The van der Waals surface area contributed by atoms with Crippen molar-refractivity contribution >= 4 is 23.5 Å². The van der Waals surface area contributed by atoms with Crippen molar-refractivity contribution in [2.75, 3.05) is 17.6 Å². The molecule has 0 unspecified atom stereocenters. The molecule has 0 bridgehead atoms. The van der Waals surface area contributed by atoms with Crippen molar-refractivity contribution in [3.8, 4) is 0 Å². The van der Waals surface area contributed by atoms with E-state index in [-0.39, 0.29) is 11.5 Å². The Kier molecular flexibility index (Phi) is 4.29. The molecule has 1 atom stereocenters. The highest BCUT2D eigenvalue weighted by atomic mass is 32.2. The highest BCUT2D eigenvalue weighted by molar-refractivity contribution is 7.99. The third-order valence-electron chi connectivity index (χ3n) is 3.44. The Bertz CT molecular complexity index is 695. The maximum atomic E-state index is 13.9. The van der Waals surface area contributed by atoms with Crippen LogP contribution in [0.15, 0.2) is 48.5 Å². The molecule has 22 heavy (non-hydrogen) atoms. The lowest BCUT2D eigenvalue weighted by Gasteiger charge is -2.24. The molecule has 114 valence electrons. The van der Waals surface area contributed by atoms with Crippen LogP contribution in [0.3, 0.4) is 0 Å². The number of benzene rings is 2. The number of nitrogens with one attached hydrogen (secondary N) is 1. The van der Waals surface area contributed by atoms with Crippen LogP contribution in [0, 0.1) is 11.6 Å². The minimum absolute atomic E-state index is 0.122. The van der Waals surface area contributed by atoms with E-state index in [2.05, 4.69) is 5.32 Å². The van der Waals surface area contributed by atoms with Gasteiger partial charge in [-0.15, -0.1) is 11.8 Å². The van der Waals surface area contributed by atoms with Crippen LogP contribution in [-0.2, 0) is 0 Å². The van der Waals surface area contributed by atoms with Gasteiger partial charge in [0.1, 0.15) is 17.0 Å². The molecule has 2 aromatic rings. The minimum Gasteiger partial charge on any atom is -0.307 e. The number of urea groups is 1. The molecular weight excluding hydrogens is 306 g/mol. The van der Waals surface area contributed by atoms with Gasteiger partial charge in [-0.25, -0.2) is 13.6 Å². The number of thioether (sulfide) groups is 1. The van der Waals surface area contributed by atoms with Crippen molar-refractivity contribution in [1.82, 2.24) is 4.90 Å². The molecule has 0 aromatic heterocycles. The van der Waals surface area contributed by atoms with Gasteiger partial charge in [-0.3, -0.25) is 0 Å². The van der Waals surface area contributed by atoms with E-state index in [1.54, 1.807) is 30.3 Å². The second-order valence-electron chi connectivity index (χ2n) is 4.85. The van der Waals surface area contributed by atoms with Crippen LogP contribution >= 0.6 is 11.8 Å². The van der Waals surface area contributed by atoms with Crippen molar-refractivity contribution in [1.29, 1.82) is 0 Å². The summed E-state index contributed by atoms with van der Waals surface area (Å²) in [6, 6.07) is 11.9. The van der Waals surface area contributed by atoms with E-state index < -0.39 is 17.2 Å². The maximum absolute atomic E-state index is 13.9. The average molecular weight is 320 g/mol. The van der Waals surface area contributed by atoms with Crippen LogP contribution in [0.2, 0.25) is 0 Å². The number of nitrogens with zero attached hydrogens (tertiary/aromatic N) is 1. The number of para-hydroxylation sites is 1. The lowest BCUT2D eigenvalue weighted by atomic mass is 10.2. The summed E-state index contributed by atoms with van der Waals surface area (Å²) in [6.45, 7) is 0.490. The predicted octanol–water partition coefficient (Wildman–Crippen LogP) is 4.24. The molecule has 0 spiro atoms. The summed E-state index contributed by atoms with van der Waals surface area (Å²) in [5.41, 5.74) is 0.588. The lowest BCUT2D eigenvalue weighted by Crippen LogP contribution is -2.34. The number of amides is 2. The Labute approximate surface area is 131 Å². The normalized spacial score (nSPS) is 17.5. The quantitative estimate of drug-likeness (QED) is 0.897. The number of rotatable bonds is 2. The number of anilines is 1. The number of halogens is 2. The van der Waals surface area contributed by atoms with Gasteiger partial charge in [-0.05, 0) is 18.2 Å². The van der Waals surface area contributed by atoms with Gasteiger partial charge in [0, 0.05) is 17.9 Å². The number of carbonyl (C=O) groups excluding carboxylic acids is 1. The smallest absolute Gasteiger partial charge is 0.307 e. The Morgan fingerprint density at radius 2 is 1.77 bits per heavy atom. The highest BCUT2D eigenvalue weighted by Crippen LogP contribution is 2.39. The number of hydrogen-bond acceptors (Lipinski definition) is 2. The van der Waals surface area contributed by atoms with E-state index in [1.807, 2.05) is 0 Å². The molecular formula is C16H14F2N2OS. The van der Waals surface area contributed by atoms with Crippen molar-refractivity contribution < 1.29 is 13.6 Å². The second-order valence-corrected chi connectivity index (χ2v) is 6.04. The van der Waals surface area contributed by atoms with Crippen molar-refractivity contribution in [2.24, 2.45) is 0 Å². The summed E-state index contributed by atoms with van der Waals surface area (Å²) in [6.07, 6.45) is 0. The van der Waals surface area contributed by atoms with E-state index in [0.29, 0.717) is 17.9 Å². The fourth-order valence-electron chi connectivity index (χ4n) is 2.36. The van der Waals surface area contributed by atoms with Crippen LogP contribution in [0.4, 0.5) is 19.3 Å². The summed E-state index contributed by atoms with van der Waals surface area (Å²) >= 11 is 1.49. The lowest BCUT2D eigenvalue weighted by molar-refractivity contribution is 0.213. The van der Waals surface area contributed by atoms with E-state index in [4.69, 9.17) is 0 Å². The maximum Gasteiger partial charge on any atom is 0.323 e. The molecule has 6 heteroatoms. The van der Waals surface area contributed by atoms with Gasteiger partial charge in [0.25, 0.3) is 0 Å².